The predicted octanol–water partition coefficient (Wildman–Crippen LogP) is 2.03. The fourth-order valence-corrected chi connectivity index (χ4v) is 1.46. The molecule has 1 nitrogen and oxygen atoms in total. The van der Waals surface area contributed by atoms with Crippen LogP contribution < -0.4 is 5.32 Å². The quantitative estimate of drug-likeness (QED) is 0.641. The maximum absolute atomic E-state index is 3.39. The number of rotatable bonds is 1. The maximum atomic E-state index is 3.39. The van der Waals surface area contributed by atoms with Crippen molar-refractivity contribution in [3.8, 4) is 0 Å². The maximum Gasteiger partial charge on any atom is 0.0332 e. The molecule has 0 spiro atoms. The minimum atomic E-state index is 0.634. The third-order valence-corrected chi connectivity index (χ3v) is 2.27. The van der Waals surface area contributed by atoms with Crippen LogP contribution in [-0.4, -0.2) is 6.54 Å². The van der Waals surface area contributed by atoms with Crippen LogP contribution >= 0.6 is 0 Å². The van der Waals surface area contributed by atoms with Crippen molar-refractivity contribution < 1.29 is 0 Å². The molecule has 1 atom stereocenters. The second-order valence-corrected chi connectivity index (χ2v) is 3.21. The minimum absolute atomic E-state index is 0.634. The molecule has 0 unspecified atom stereocenters. The summed E-state index contributed by atoms with van der Waals surface area (Å²) in [5.41, 5.74) is 2.80. The van der Waals surface area contributed by atoms with Crippen molar-refractivity contribution in [1.29, 1.82) is 0 Å². The molecule has 1 aromatic rings. The molecule has 1 N–H and O–H groups in total. The van der Waals surface area contributed by atoms with Gasteiger partial charge in [-0.3, -0.25) is 0 Å². The Morgan fingerprint density at radius 2 is 2.27 bits per heavy atom. The predicted molar refractivity (Wildman–Crippen MR) is 46.5 cm³/mol. The van der Waals surface area contributed by atoms with Crippen molar-refractivity contribution in [2.24, 2.45) is 0 Å². The van der Waals surface area contributed by atoms with Gasteiger partial charge in [-0.2, -0.15) is 0 Å². The minimum Gasteiger partial charge on any atom is -0.310 e. The molecule has 0 radical (unpaired) electrons. The van der Waals surface area contributed by atoms with Gasteiger partial charge in [0.05, 0.1) is 0 Å². The Morgan fingerprint density at radius 1 is 1.45 bits per heavy atom. The van der Waals surface area contributed by atoms with Crippen molar-refractivity contribution in [1.82, 2.24) is 5.32 Å². The Labute approximate surface area is 67.4 Å². The summed E-state index contributed by atoms with van der Waals surface area (Å²) >= 11 is 0. The molecule has 1 fully saturated rings. The van der Waals surface area contributed by atoms with E-state index in [0.717, 1.165) is 0 Å². The van der Waals surface area contributed by atoms with Crippen LogP contribution in [0.15, 0.2) is 24.3 Å². The molecule has 1 heteroatoms. The first-order valence-corrected chi connectivity index (χ1v) is 4.16. The SMILES string of the molecule is Cc1cccc([C@H]2CCN2)c1. The van der Waals surface area contributed by atoms with E-state index in [1.54, 1.807) is 0 Å². The van der Waals surface area contributed by atoms with Gasteiger partial charge < -0.3 is 5.32 Å². The summed E-state index contributed by atoms with van der Waals surface area (Å²) in [5, 5.41) is 3.39. The van der Waals surface area contributed by atoms with Crippen LogP contribution in [0.4, 0.5) is 0 Å². The third kappa shape index (κ3) is 1.29. The van der Waals surface area contributed by atoms with E-state index in [-0.39, 0.29) is 0 Å². The first kappa shape index (κ1) is 6.86. The molecule has 0 aliphatic carbocycles. The van der Waals surface area contributed by atoms with Gasteiger partial charge in [0.15, 0.2) is 0 Å². The lowest BCUT2D eigenvalue weighted by Gasteiger charge is -2.28. The molecular weight excluding hydrogens is 134 g/mol. The molecule has 58 valence electrons. The highest BCUT2D eigenvalue weighted by Crippen LogP contribution is 2.22. The zero-order valence-corrected chi connectivity index (χ0v) is 6.80. The zero-order valence-electron chi connectivity index (χ0n) is 6.80. The average Bonchev–Trinajstić information content (AvgIpc) is 1.83. The van der Waals surface area contributed by atoms with E-state index < -0.39 is 0 Å². The Kier molecular flexibility index (Phi) is 1.66. The van der Waals surface area contributed by atoms with Crippen LogP contribution in [-0.2, 0) is 0 Å². The van der Waals surface area contributed by atoms with Gasteiger partial charge in [-0.05, 0) is 25.5 Å². The van der Waals surface area contributed by atoms with Crippen molar-refractivity contribution in [3.63, 3.8) is 0 Å². The molecule has 1 aromatic carbocycles. The Morgan fingerprint density at radius 3 is 2.82 bits per heavy atom. The van der Waals surface area contributed by atoms with Crippen molar-refractivity contribution in [2.45, 2.75) is 19.4 Å². The molecule has 0 amide bonds. The van der Waals surface area contributed by atoms with Crippen molar-refractivity contribution >= 4 is 0 Å². The van der Waals surface area contributed by atoms with E-state index in [4.69, 9.17) is 0 Å². The van der Waals surface area contributed by atoms with Crippen LogP contribution in [0.3, 0.4) is 0 Å². The van der Waals surface area contributed by atoms with E-state index >= 15 is 0 Å². The van der Waals surface area contributed by atoms with Gasteiger partial charge >= 0.3 is 0 Å². The molecule has 0 saturated carbocycles. The molecule has 1 saturated heterocycles. The summed E-state index contributed by atoms with van der Waals surface area (Å²) in [7, 11) is 0. The Balaban J connectivity index is 2.23. The normalized spacial score (nSPS) is 22.8. The van der Waals surface area contributed by atoms with E-state index in [9.17, 15) is 0 Å². The summed E-state index contributed by atoms with van der Waals surface area (Å²) in [4.78, 5) is 0. The number of hydrogen-bond donors (Lipinski definition) is 1. The van der Waals surface area contributed by atoms with Crippen molar-refractivity contribution in [3.05, 3.63) is 35.4 Å². The van der Waals surface area contributed by atoms with Gasteiger partial charge in [-0.15, -0.1) is 0 Å². The highest BCUT2D eigenvalue weighted by atomic mass is 15.0. The third-order valence-electron chi connectivity index (χ3n) is 2.27. The summed E-state index contributed by atoms with van der Waals surface area (Å²) in [5.74, 6) is 0. The molecule has 1 aliphatic rings. The van der Waals surface area contributed by atoms with E-state index in [0.29, 0.717) is 6.04 Å². The number of hydrogen-bond acceptors (Lipinski definition) is 1. The van der Waals surface area contributed by atoms with Gasteiger partial charge in [-0.25, -0.2) is 0 Å². The summed E-state index contributed by atoms with van der Waals surface area (Å²) in [6.45, 7) is 3.32. The van der Waals surface area contributed by atoms with Crippen LogP contribution in [0, 0.1) is 6.92 Å². The molecule has 1 heterocycles. The van der Waals surface area contributed by atoms with Gasteiger partial charge in [0.1, 0.15) is 0 Å². The highest BCUT2D eigenvalue weighted by Gasteiger charge is 2.17. The Hall–Kier alpha value is -0.820. The highest BCUT2D eigenvalue weighted by molar-refractivity contribution is 5.26. The lowest BCUT2D eigenvalue weighted by atomic mass is 9.97. The van der Waals surface area contributed by atoms with Crippen LogP contribution in [0.5, 0.6) is 0 Å². The standard InChI is InChI=1S/C10H13N/c1-8-3-2-4-9(7-8)10-5-6-11-10/h2-4,7,10-11H,5-6H2,1H3/t10-/m1/s1. The first-order valence-electron chi connectivity index (χ1n) is 4.16. The molecule has 2 rings (SSSR count). The zero-order chi connectivity index (χ0) is 7.68. The fraction of sp³-hybridized carbons (Fsp3) is 0.400. The molecule has 1 aliphatic heterocycles. The molecule has 0 bridgehead atoms. The molecule has 11 heavy (non-hydrogen) atoms. The number of nitrogens with one attached hydrogen (secondary N) is 1. The van der Waals surface area contributed by atoms with Crippen molar-refractivity contribution in [2.75, 3.05) is 6.54 Å². The Bertz CT molecular complexity index is 251. The van der Waals surface area contributed by atoms with E-state index in [2.05, 4.69) is 36.5 Å². The van der Waals surface area contributed by atoms with Gasteiger partial charge in [-0.1, -0.05) is 29.8 Å². The topological polar surface area (TPSA) is 12.0 Å². The van der Waals surface area contributed by atoms with Gasteiger partial charge in [0, 0.05) is 6.04 Å². The van der Waals surface area contributed by atoms with Crippen LogP contribution in [0.2, 0.25) is 0 Å². The first-order chi connectivity index (χ1) is 5.36. The number of aryl methyl sites for hydroxylation is 1. The summed E-state index contributed by atoms with van der Waals surface area (Å²) in [6, 6.07) is 9.36. The van der Waals surface area contributed by atoms with Gasteiger partial charge in [0.2, 0.25) is 0 Å². The monoisotopic (exact) mass is 147 g/mol. The summed E-state index contributed by atoms with van der Waals surface area (Å²) in [6.07, 6.45) is 1.30. The lowest BCUT2D eigenvalue weighted by molar-refractivity contribution is 0.383. The van der Waals surface area contributed by atoms with Gasteiger partial charge in [0.25, 0.3) is 0 Å². The van der Waals surface area contributed by atoms with Crippen LogP contribution in [0.25, 0.3) is 0 Å². The smallest absolute Gasteiger partial charge is 0.0332 e. The van der Waals surface area contributed by atoms with E-state index in [1.807, 2.05) is 0 Å². The number of benzene rings is 1. The lowest BCUT2D eigenvalue weighted by Crippen LogP contribution is -2.34. The second-order valence-electron chi connectivity index (χ2n) is 3.21. The van der Waals surface area contributed by atoms with E-state index in [1.165, 1.54) is 24.1 Å². The molecular formula is C10H13N. The average molecular weight is 147 g/mol. The largest absolute Gasteiger partial charge is 0.310 e. The summed E-state index contributed by atoms with van der Waals surface area (Å²) < 4.78 is 0. The van der Waals surface area contributed by atoms with Crippen LogP contribution in [0.1, 0.15) is 23.6 Å². The second kappa shape index (κ2) is 2.67. The fourth-order valence-electron chi connectivity index (χ4n) is 1.46. The molecule has 0 aromatic heterocycles.